The molecule has 0 amide bonds. The minimum absolute atomic E-state index is 0.0686. The molecule has 0 aliphatic rings. The van der Waals surface area contributed by atoms with E-state index in [0.717, 1.165) is 36.0 Å². The Bertz CT molecular complexity index is 1760. The van der Waals surface area contributed by atoms with Crippen molar-refractivity contribution in [2.24, 2.45) is 5.41 Å². The second kappa shape index (κ2) is 17.7. The fourth-order valence-electron chi connectivity index (χ4n) is 4.70. The average Bonchev–Trinajstić information content (AvgIpc) is 3.53. The lowest BCUT2D eigenvalue weighted by Crippen LogP contribution is -2.17. The molecule has 1 atom stereocenters. The Morgan fingerprint density at radius 1 is 0.935 bits per heavy atom. The van der Waals surface area contributed by atoms with Gasteiger partial charge in [0, 0.05) is 63.5 Å². The monoisotopic (exact) mass is 687 g/mol. The molecule has 5 rings (SSSR count). The van der Waals surface area contributed by atoms with Crippen molar-refractivity contribution in [1.82, 2.24) is 14.5 Å². The molecule has 5 aromatic rings. The van der Waals surface area contributed by atoms with Gasteiger partial charge in [0.25, 0.3) is 0 Å². The van der Waals surface area contributed by atoms with E-state index in [1.165, 1.54) is 21.9 Å². The van der Waals surface area contributed by atoms with E-state index in [4.69, 9.17) is 34.8 Å². The van der Waals surface area contributed by atoms with Crippen molar-refractivity contribution in [2.45, 2.75) is 44.9 Å². The van der Waals surface area contributed by atoms with Gasteiger partial charge >= 0.3 is 0 Å². The van der Waals surface area contributed by atoms with Gasteiger partial charge in [-0.05, 0) is 85.6 Å². The SMILES string of the molecule is CN(C/C=C/C#CC(C)(C)C)Cc1cccc2ccccc12.Clc1ccc(CSC(Cn2ccnc2)c2ccc(Cl)cc2Cl)cc1. The van der Waals surface area contributed by atoms with E-state index in [1.807, 2.05) is 66.8 Å². The smallest absolute Gasteiger partial charge is 0.0946 e. The van der Waals surface area contributed by atoms with Gasteiger partial charge in [0.1, 0.15) is 0 Å². The molecule has 0 N–H and O–H groups in total. The number of benzene rings is 4. The van der Waals surface area contributed by atoms with Crippen LogP contribution in [0, 0.1) is 17.3 Å². The maximum atomic E-state index is 6.43. The van der Waals surface area contributed by atoms with E-state index in [0.29, 0.717) is 10.0 Å². The first-order chi connectivity index (χ1) is 22.1. The van der Waals surface area contributed by atoms with E-state index >= 15 is 0 Å². The molecule has 0 aliphatic carbocycles. The molecule has 0 fully saturated rings. The maximum Gasteiger partial charge on any atom is 0.0946 e. The number of nitrogens with zero attached hydrogens (tertiary/aromatic N) is 3. The van der Waals surface area contributed by atoms with Crippen LogP contribution < -0.4 is 0 Å². The van der Waals surface area contributed by atoms with Gasteiger partial charge in [-0.3, -0.25) is 4.90 Å². The van der Waals surface area contributed by atoms with E-state index in [-0.39, 0.29) is 10.7 Å². The molecule has 0 saturated carbocycles. The lowest BCUT2D eigenvalue weighted by atomic mass is 9.98. The van der Waals surface area contributed by atoms with Gasteiger partial charge in [-0.15, -0.1) is 11.8 Å². The lowest BCUT2D eigenvalue weighted by Gasteiger charge is -2.19. The Morgan fingerprint density at radius 2 is 1.67 bits per heavy atom. The van der Waals surface area contributed by atoms with Crippen molar-refractivity contribution in [3.05, 3.63) is 148 Å². The highest BCUT2D eigenvalue weighted by molar-refractivity contribution is 7.98. The fraction of sp³-hybridized carbons (Fsp3) is 0.256. The molecular weight excluding hydrogens is 649 g/mol. The number of hydrogen-bond donors (Lipinski definition) is 0. The van der Waals surface area contributed by atoms with Crippen molar-refractivity contribution in [3.8, 4) is 11.8 Å². The van der Waals surface area contributed by atoms with E-state index < -0.39 is 0 Å². The van der Waals surface area contributed by atoms with Crippen molar-refractivity contribution in [1.29, 1.82) is 0 Å². The van der Waals surface area contributed by atoms with Crippen LogP contribution in [0.4, 0.5) is 0 Å². The summed E-state index contributed by atoms with van der Waals surface area (Å²) in [5, 5.41) is 4.93. The number of likely N-dealkylation sites (N-methyl/N-ethyl adjacent to an activating group) is 1. The number of imidazole rings is 1. The molecule has 46 heavy (non-hydrogen) atoms. The summed E-state index contributed by atoms with van der Waals surface area (Å²) in [7, 11) is 2.14. The largest absolute Gasteiger partial charge is 0.336 e. The number of aromatic nitrogens is 2. The summed E-state index contributed by atoms with van der Waals surface area (Å²) < 4.78 is 2.06. The van der Waals surface area contributed by atoms with Gasteiger partial charge in [-0.25, -0.2) is 4.98 Å². The molecule has 238 valence electrons. The first-order valence-corrected chi connectivity index (χ1v) is 17.4. The Hall–Kier alpha value is -3.17. The van der Waals surface area contributed by atoms with Crippen LogP contribution in [-0.2, 0) is 18.8 Å². The molecule has 1 unspecified atom stereocenters. The lowest BCUT2D eigenvalue weighted by molar-refractivity contribution is 0.365. The summed E-state index contributed by atoms with van der Waals surface area (Å²) in [5.74, 6) is 7.20. The van der Waals surface area contributed by atoms with Crippen LogP contribution >= 0.6 is 46.6 Å². The van der Waals surface area contributed by atoms with Gasteiger partial charge in [-0.1, -0.05) is 113 Å². The second-order valence-corrected chi connectivity index (χ2v) is 14.6. The standard InChI is InChI=1S/C21H25N.C18H15Cl3N2S/c1-21(2,3)15-8-5-9-16-22(4)17-19-13-10-12-18-11-6-7-14-20(18)19;19-14-3-1-13(2-4-14)11-24-18(10-23-8-7-22-12-23)16-6-5-15(20)9-17(16)21/h5-7,9-14H,16-17H2,1-4H3;1-9,12,18H,10-11H2/b9-5+;. The third-order valence-electron chi connectivity index (χ3n) is 7.00. The third-order valence-corrected chi connectivity index (χ3v) is 9.12. The van der Waals surface area contributed by atoms with E-state index in [1.54, 1.807) is 12.3 Å². The molecule has 0 saturated heterocycles. The highest BCUT2D eigenvalue weighted by Crippen LogP contribution is 2.38. The third kappa shape index (κ3) is 11.9. The summed E-state index contributed by atoms with van der Waals surface area (Å²) in [6.07, 6.45) is 9.65. The van der Waals surface area contributed by atoms with Gasteiger partial charge in [-0.2, -0.15) is 0 Å². The van der Waals surface area contributed by atoms with Gasteiger partial charge in [0.2, 0.25) is 0 Å². The summed E-state index contributed by atoms with van der Waals surface area (Å²) >= 11 is 20.2. The normalized spacial score (nSPS) is 12.1. The van der Waals surface area contributed by atoms with Crippen LogP contribution in [0.25, 0.3) is 10.8 Å². The Kier molecular flexibility index (Phi) is 13.7. The van der Waals surface area contributed by atoms with Crippen molar-refractivity contribution >= 4 is 57.3 Å². The maximum absolute atomic E-state index is 6.43. The summed E-state index contributed by atoms with van der Waals surface area (Å²) in [4.78, 5) is 6.42. The first kappa shape index (κ1) is 35.7. The topological polar surface area (TPSA) is 21.1 Å². The van der Waals surface area contributed by atoms with E-state index in [2.05, 4.69) is 103 Å². The molecule has 0 aliphatic heterocycles. The average molecular weight is 689 g/mol. The Labute approximate surface area is 293 Å². The molecule has 7 heteroatoms. The van der Waals surface area contributed by atoms with Crippen LogP contribution in [0.2, 0.25) is 15.1 Å². The molecule has 0 bridgehead atoms. The predicted octanol–water partition coefficient (Wildman–Crippen LogP) is 11.4. The number of hydrogen-bond acceptors (Lipinski definition) is 3. The fourth-order valence-corrected chi connectivity index (χ4v) is 6.68. The molecule has 1 aromatic heterocycles. The minimum Gasteiger partial charge on any atom is -0.336 e. The van der Waals surface area contributed by atoms with Crippen LogP contribution in [0.1, 0.15) is 42.7 Å². The number of fused-ring (bicyclic) bond motifs is 1. The van der Waals surface area contributed by atoms with Crippen molar-refractivity contribution in [2.75, 3.05) is 13.6 Å². The zero-order valence-corrected chi connectivity index (χ0v) is 29.8. The van der Waals surface area contributed by atoms with Gasteiger partial charge < -0.3 is 4.57 Å². The Morgan fingerprint density at radius 3 is 2.39 bits per heavy atom. The Balaban J connectivity index is 0.000000210. The molecule has 0 spiro atoms. The summed E-state index contributed by atoms with van der Waals surface area (Å²) in [5.41, 5.74) is 3.74. The molecule has 0 radical (unpaired) electrons. The zero-order chi connectivity index (χ0) is 32.9. The van der Waals surface area contributed by atoms with Crippen LogP contribution in [0.3, 0.4) is 0 Å². The van der Waals surface area contributed by atoms with E-state index in [9.17, 15) is 0 Å². The number of allylic oxidation sites excluding steroid dienone is 1. The van der Waals surface area contributed by atoms with Crippen LogP contribution in [0.5, 0.6) is 0 Å². The number of rotatable bonds is 10. The van der Waals surface area contributed by atoms with Crippen LogP contribution in [0.15, 0.2) is 116 Å². The van der Waals surface area contributed by atoms with Crippen LogP contribution in [-0.4, -0.2) is 28.0 Å². The minimum atomic E-state index is 0.0686. The summed E-state index contributed by atoms with van der Waals surface area (Å²) in [6, 6.07) is 28.7. The van der Waals surface area contributed by atoms with Gasteiger partial charge in [0.15, 0.2) is 0 Å². The molecule has 4 aromatic carbocycles. The predicted molar refractivity (Wildman–Crippen MR) is 201 cm³/mol. The van der Waals surface area contributed by atoms with Gasteiger partial charge in [0.05, 0.1) is 6.33 Å². The van der Waals surface area contributed by atoms with Crippen molar-refractivity contribution < 1.29 is 0 Å². The number of thioether (sulfide) groups is 1. The highest BCUT2D eigenvalue weighted by Gasteiger charge is 2.17. The number of halogens is 3. The zero-order valence-electron chi connectivity index (χ0n) is 26.8. The molecule has 1 heterocycles. The molecular formula is C39H40Cl3N3S. The second-order valence-electron chi connectivity index (χ2n) is 12.1. The first-order valence-electron chi connectivity index (χ1n) is 15.2. The van der Waals surface area contributed by atoms with Crippen molar-refractivity contribution in [3.63, 3.8) is 0 Å². The quantitative estimate of drug-likeness (QED) is 0.136. The summed E-state index contributed by atoms with van der Waals surface area (Å²) in [6.45, 7) is 9.02. The highest BCUT2D eigenvalue weighted by atomic mass is 35.5. The molecule has 3 nitrogen and oxygen atoms in total.